The van der Waals surface area contributed by atoms with Crippen LogP contribution in [0.15, 0.2) is 34.9 Å². The van der Waals surface area contributed by atoms with E-state index in [1.165, 1.54) is 17.0 Å². The third-order valence-electron chi connectivity index (χ3n) is 2.74. The zero-order chi connectivity index (χ0) is 16.2. The standard InChI is InChI=1S/C14H17N3O4S/c1-11-3-4-12(21-11)5-6-14(18)15-13-7-8-17(16-13)9-10-22(2,19)20/h3-8H,9-10H2,1-2H3,(H,15,16,18). The number of amides is 1. The molecule has 0 saturated heterocycles. The Morgan fingerprint density at radius 2 is 2.18 bits per heavy atom. The van der Waals surface area contributed by atoms with Crippen molar-refractivity contribution in [3.63, 3.8) is 0 Å². The molecule has 2 heterocycles. The van der Waals surface area contributed by atoms with Gasteiger partial charge in [-0.1, -0.05) is 0 Å². The molecular formula is C14H17N3O4S. The van der Waals surface area contributed by atoms with Gasteiger partial charge in [-0.3, -0.25) is 9.48 Å². The van der Waals surface area contributed by atoms with Crippen LogP contribution in [0, 0.1) is 6.92 Å². The van der Waals surface area contributed by atoms with Gasteiger partial charge in [0.2, 0.25) is 5.91 Å². The lowest BCUT2D eigenvalue weighted by atomic mass is 10.4. The number of carbonyl (C=O) groups is 1. The molecule has 0 atom stereocenters. The topological polar surface area (TPSA) is 94.2 Å². The maximum absolute atomic E-state index is 11.7. The lowest BCUT2D eigenvalue weighted by molar-refractivity contribution is -0.111. The molecule has 0 unspecified atom stereocenters. The van der Waals surface area contributed by atoms with Gasteiger partial charge in [-0.15, -0.1) is 0 Å². The molecule has 1 N–H and O–H groups in total. The Kier molecular flexibility index (Phi) is 4.81. The van der Waals surface area contributed by atoms with E-state index in [-0.39, 0.29) is 18.2 Å². The molecule has 0 spiro atoms. The molecule has 0 fully saturated rings. The van der Waals surface area contributed by atoms with Gasteiger partial charge in [-0.2, -0.15) is 5.10 Å². The molecule has 2 aromatic heterocycles. The first kappa shape index (κ1) is 16.0. The van der Waals surface area contributed by atoms with Crippen LogP contribution in [0.1, 0.15) is 11.5 Å². The number of furan rings is 1. The molecule has 7 nitrogen and oxygen atoms in total. The number of aryl methyl sites for hydroxylation is 2. The second-order valence-corrected chi connectivity index (χ2v) is 7.12. The molecule has 0 aliphatic carbocycles. The van der Waals surface area contributed by atoms with Gasteiger partial charge in [0.1, 0.15) is 21.4 Å². The number of nitrogens with one attached hydrogen (secondary N) is 1. The van der Waals surface area contributed by atoms with Crippen molar-refractivity contribution in [2.24, 2.45) is 0 Å². The van der Waals surface area contributed by atoms with E-state index in [0.717, 1.165) is 5.76 Å². The second-order valence-electron chi connectivity index (χ2n) is 4.86. The van der Waals surface area contributed by atoms with Crippen LogP contribution in [0.3, 0.4) is 0 Å². The molecule has 118 valence electrons. The fourth-order valence-corrected chi connectivity index (χ4v) is 2.20. The Hall–Kier alpha value is -2.35. The van der Waals surface area contributed by atoms with Gasteiger partial charge in [0.05, 0.1) is 12.3 Å². The minimum absolute atomic E-state index is 0.000185. The molecule has 22 heavy (non-hydrogen) atoms. The molecule has 2 aromatic rings. The number of nitrogens with zero attached hydrogens (tertiary/aromatic N) is 2. The highest BCUT2D eigenvalue weighted by Gasteiger charge is 2.06. The fraction of sp³-hybridized carbons (Fsp3) is 0.286. The van der Waals surface area contributed by atoms with E-state index in [0.29, 0.717) is 11.6 Å². The van der Waals surface area contributed by atoms with Crippen molar-refractivity contribution in [3.05, 3.63) is 42.0 Å². The van der Waals surface area contributed by atoms with Crippen molar-refractivity contribution in [1.29, 1.82) is 0 Å². The predicted octanol–water partition coefficient (Wildman–Crippen LogP) is 1.48. The van der Waals surface area contributed by atoms with E-state index < -0.39 is 9.84 Å². The molecule has 0 radical (unpaired) electrons. The van der Waals surface area contributed by atoms with Crippen LogP contribution in [-0.4, -0.2) is 36.1 Å². The quantitative estimate of drug-likeness (QED) is 0.813. The van der Waals surface area contributed by atoms with Crippen LogP contribution >= 0.6 is 0 Å². The lowest BCUT2D eigenvalue weighted by Gasteiger charge is -2.00. The number of carbonyl (C=O) groups excluding carboxylic acids is 1. The molecule has 2 rings (SSSR count). The molecule has 0 aliphatic rings. The van der Waals surface area contributed by atoms with Crippen LogP contribution < -0.4 is 5.32 Å². The van der Waals surface area contributed by atoms with Gasteiger partial charge in [0, 0.05) is 24.6 Å². The predicted molar refractivity (Wildman–Crippen MR) is 83.0 cm³/mol. The van der Waals surface area contributed by atoms with Crippen molar-refractivity contribution >= 4 is 27.6 Å². The third kappa shape index (κ3) is 5.21. The minimum atomic E-state index is -3.04. The summed E-state index contributed by atoms with van der Waals surface area (Å²) in [7, 11) is -3.04. The Balaban J connectivity index is 1.89. The average molecular weight is 323 g/mol. The zero-order valence-electron chi connectivity index (χ0n) is 12.3. The number of hydrogen-bond acceptors (Lipinski definition) is 5. The Bertz CT molecular complexity index is 787. The van der Waals surface area contributed by atoms with Crippen molar-refractivity contribution in [1.82, 2.24) is 9.78 Å². The highest BCUT2D eigenvalue weighted by atomic mass is 32.2. The van der Waals surface area contributed by atoms with Gasteiger partial charge in [-0.05, 0) is 25.1 Å². The first-order valence-electron chi connectivity index (χ1n) is 6.58. The Morgan fingerprint density at radius 1 is 1.41 bits per heavy atom. The largest absolute Gasteiger partial charge is 0.462 e. The molecule has 0 aliphatic heterocycles. The summed E-state index contributed by atoms with van der Waals surface area (Å²) in [4.78, 5) is 11.7. The lowest BCUT2D eigenvalue weighted by Crippen LogP contribution is -2.13. The van der Waals surface area contributed by atoms with Crippen LogP contribution in [0.2, 0.25) is 0 Å². The molecule has 8 heteroatoms. The first-order valence-corrected chi connectivity index (χ1v) is 8.64. The summed E-state index contributed by atoms with van der Waals surface area (Å²) >= 11 is 0. The van der Waals surface area contributed by atoms with Crippen molar-refractivity contribution in [2.75, 3.05) is 17.3 Å². The van der Waals surface area contributed by atoms with Crippen molar-refractivity contribution < 1.29 is 17.6 Å². The van der Waals surface area contributed by atoms with E-state index in [1.807, 2.05) is 6.92 Å². The normalized spacial score (nSPS) is 11.9. The Morgan fingerprint density at radius 3 is 2.82 bits per heavy atom. The molecule has 1 amide bonds. The second kappa shape index (κ2) is 6.61. The summed E-state index contributed by atoms with van der Waals surface area (Å²) in [6.07, 6.45) is 5.68. The maximum atomic E-state index is 11.7. The van der Waals surface area contributed by atoms with Gasteiger partial charge < -0.3 is 9.73 Å². The number of sulfone groups is 1. The SMILES string of the molecule is Cc1ccc(C=CC(=O)Nc2ccn(CCS(C)(=O)=O)n2)o1. The van der Waals surface area contributed by atoms with Crippen LogP contribution in [-0.2, 0) is 21.2 Å². The smallest absolute Gasteiger partial charge is 0.249 e. The van der Waals surface area contributed by atoms with E-state index in [2.05, 4.69) is 10.4 Å². The number of hydrogen-bond donors (Lipinski definition) is 1. The average Bonchev–Trinajstić information content (AvgIpc) is 3.02. The summed E-state index contributed by atoms with van der Waals surface area (Å²) < 4.78 is 28.9. The van der Waals surface area contributed by atoms with E-state index in [1.54, 1.807) is 30.5 Å². The van der Waals surface area contributed by atoms with E-state index in [4.69, 9.17) is 4.42 Å². The zero-order valence-corrected chi connectivity index (χ0v) is 13.1. The maximum Gasteiger partial charge on any atom is 0.249 e. The third-order valence-corrected chi connectivity index (χ3v) is 3.67. The monoisotopic (exact) mass is 323 g/mol. The van der Waals surface area contributed by atoms with Crippen LogP contribution in [0.25, 0.3) is 6.08 Å². The number of aromatic nitrogens is 2. The summed E-state index contributed by atoms with van der Waals surface area (Å²) in [6, 6.07) is 5.17. The van der Waals surface area contributed by atoms with E-state index >= 15 is 0 Å². The first-order chi connectivity index (χ1) is 10.3. The molecule has 0 saturated carbocycles. The van der Waals surface area contributed by atoms with Crippen molar-refractivity contribution in [2.45, 2.75) is 13.5 Å². The number of rotatable bonds is 6. The van der Waals surface area contributed by atoms with Gasteiger partial charge in [0.25, 0.3) is 0 Å². The van der Waals surface area contributed by atoms with Gasteiger partial charge in [-0.25, -0.2) is 8.42 Å². The molecule has 0 aromatic carbocycles. The summed E-state index contributed by atoms with van der Waals surface area (Å²) in [5.41, 5.74) is 0. The summed E-state index contributed by atoms with van der Waals surface area (Å²) in [6.45, 7) is 2.07. The molecular weight excluding hydrogens is 306 g/mol. The van der Waals surface area contributed by atoms with Crippen molar-refractivity contribution in [3.8, 4) is 0 Å². The van der Waals surface area contributed by atoms with Crippen LogP contribution in [0.4, 0.5) is 5.82 Å². The van der Waals surface area contributed by atoms with Gasteiger partial charge in [0.15, 0.2) is 5.82 Å². The van der Waals surface area contributed by atoms with Crippen LogP contribution in [0.5, 0.6) is 0 Å². The van der Waals surface area contributed by atoms with E-state index in [9.17, 15) is 13.2 Å². The highest BCUT2D eigenvalue weighted by Crippen LogP contribution is 2.08. The Labute approximate surface area is 128 Å². The number of anilines is 1. The summed E-state index contributed by atoms with van der Waals surface area (Å²) in [5, 5.41) is 6.66. The minimum Gasteiger partial charge on any atom is -0.462 e. The fourth-order valence-electron chi connectivity index (χ4n) is 1.68. The van der Waals surface area contributed by atoms with Gasteiger partial charge >= 0.3 is 0 Å². The molecule has 0 bridgehead atoms. The highest BCUT2D eigenvalue weighted by molar-refractivity contribution is 7.90. The summed E-state index contributed by atoms with van der Waals surface area (Å²) in [5.74, 6) is 1.37.